The lowest BCUT2D eigenvalue weighted by Gasteiger charge is -2.01. The van der Waals surface area contributed by atoms with Crippen molar-refractivity contribution < 1.29 is 14.0 Å². The Bertz CT molecular complexity index is 291. The Morgan fingerprint density at radius 3 is 2.88 bits per heavy atom. The molecule has 92 valence electrons. The Kier molecular flexibility index (Phi) is 5.99. The van der Waals surface area contributed by atoms with Gasteiger partial charge in [0.25, 0.3) is 0 Å². The number of hydrogen-bond donors (Lipinski definition) is 1. The van der Waals surface area contributed by atoms with Gasteiger partial charge in [-0.05, 0) is 14.0 Å². The molecule has 1 unspecified atom stereocenters. The first-order valence-corrected chi connectivity index (χ1v) is 5.34. The van der Waals surface area contributed by atoms with Gasteiger partial charge in [0.2, 0.25) is 5.89 Å². The van der Waals surface area contributed by atoms with Crippen molar-refractivity contribution in [3.05, 3.63) is 11.7 Å². The number of nitrogens with one attached hydrogen (secondary N) is 1. The molecule has 1 rings (SSSR count). The molecule has 0 saturated heterocycles. The smallest absolute Gasteiger partial charge is 0.243 e. The summed E-state index contributed by atoms with van der Waals surface area (Å²) in [4.78, 5) is 4.25. The van der Waals surface area contributed by atoms with E-state index in [0.29, 0.717) is 38.0 Å². The molecular formula is C10H19N3O3. The molecule has 1 heterocycles. The lowest BCUT2D eigenvalue weighted by molar-refractivity contribution is 0.0714. The van der Waals surface area contributed by atoms with Crippen molar-refractivity contribution in [2.75, 3.05) is 34.0 Å². The van der Waals surface area contributed by atoms with E-state index in [-0.39, 0.29) is 6.04 Å². The minimum absolute atomic E-state index is 0.0793. The first kappa shape index (κ1) is 13.1. The molecular weight excluding hydrogens is 210 g/mol. The van der Waals surface area contributed by atoms with Crippen molar-refractivity contribution >= 4 is 0 Å². The average Bonchev–Trinajstić information content (AvgIpc) is 2.76. The zero-order valence-electron chi connectivity index (χ0n) is 10.0. The third-order valence-electron chi connectivity index (χ3n) is 2.19. The predicted molar refractivity (Wildman–Crippen MR) is 58.2 cm³/mol. The number of hydrogen-bond acceptors (Lipinski definition) is 6. The lowest BCUT2D eigenvalue weighted by atomic mass is 10.3. The summed E-state index contributed by atoms with van der Waals surface area (Å²) in [6, 6.07) is 0.0793. The zero-order valence-corrected chi connectivity index (χ0v) is 10.0. The van der Waals surface area contributed by atoms with E-state index in [0.717, 1.165) is 0 Å². The molecule has 0 bridgehead atoms. The van der Waals surface area contributed by atoms with E-state index in [2.05, 4.69) is 15.5 Å². The molecule has 0 aliphatic rings. The Labute approximate surface area is 95.3 Å². The first-order valence-electron chi connectivity index (χ1n) is 5.34. The Hall–Kier alpha value is -0.980. The lowest BCUT2D eigenvalue weighted by Crippen LogP contribution is -2.12. The van der Waals surface area contributed by atoms with Gasteiger partial charge in [0.1, 0.15) is 0 Å². The molecule has 6 heteroatoms. The summed E-state index contributed by atoms with van der Waals surface area (Å²) < 4.78 is 15.3. The van der Waals surface area contributed by atoms with Gasteiger partial charge in [-0.2, -0.15) is 4.98 Å². The molecule has 1 N–H and O–H groups in total. The van der Waals surface area contributed by atoms with Gasteiger partial charge in [-0.25, -0.2) is 0 Å². The van der Waals surface area contributed by atoms with Gasteiger partial charge in [-0.15, -0.1) is 0 Å². The summed E-state index contributed by atoms with van der Waals surface area (Å²) in [6.45, 7) is 3.74. The van der Waals surface area contributed by atoms with Crippen LogP contribution in [0.4, 0.5) is 0 Å². The van der Waals surface area contributed by atoms with Crippen molar-refractivity contribution in [3.8, 4) is 0 Å². The molecule has 0 aliphatic heterocycles. The van der Waals surface area contributed by atoms with E-state index in [4.69, 9.17) is 14.0 Å². The molecule has 0 amide bonds. The highest BCUT2D eigenvalue weighted by atomic mass is 16.5. The van der Waals surface area contributed by atoms with E-state index in [1.165, 1.54) is 0 Å². The molecule has 0 aliphatic carbocycles. The van der Waals surface area contributed by atoms with Gasteiger partial charge in [0.15, 0.2) is 5.82 Å². The summed E-state index contributed by atoms with van der Waals surface area (Å²) in [6.07, 6.45) is 0.656. The summed E-state index contributed by atoms with van der Waals surface area (Å²) >= 11 is 0. The normalized spacial score (nSPS) is 12.9. The minimum Gasteiger partial charge on any atom is -0.382 e. The van der Waals surface area contributed by atoms with E-state index < -0.39 is 0 Å². The predicted octanol–water partition coefficient (Wildman–Crippen LogP) is 0.555. The molecule has 1 aromatic heterocycles. The van der Waals surface area contributed by atoms with Crippen molar-refractivity contribution in [2.24, 2.45) is 0 Å². The van der Waals surface area contributed by atoms with Crippen LogP contribution in [-0.4, -0.2) is 44.1 Å². The van der Waals surface area contributed by atoms with Crippen LogP contribution in [0.1, 0.15) is 24.7 Å². The van der Waals surface area contributed by atoms with E-state index in [9.17, 15) is 0 Å². The van der Waals surface area contributed by atoms with Crippen LogP contribution in [0.3, 0.4) is 0 Å². The van der Waals surface area contributed by atoms with Crippen LogP contribution in [0.15, 0.2) is 4.52 Å². The topological polar surface area (TPSA) is 69.4 Å². The zero-order chi connectivity index (χ0) is 11.8. The van der Waals surface area contributed by atoms with Gasteiger partial charge in [0, 0.05) is 13.5 Å². The number of aromatic nitrogens is 2. The highest BCUT2D eigenvalue weighted by molar-refractivity contribution is 4.90. The molecule has 6 nitrogen and oxygen atoms in total. The third kappa shape index (κ3) is 4.26. The number of ether oxygens (including phenoxy) is 2. The maximum Gasteiger partial charge on any atom is 0.243 e. The van der Waals surface area contributed by atoms with Crippen LogP contribution in [0, 0.1) is 0 Å². The molecule has 0 radical (unpaired) electrons. The highest BCUT2D eigenvalue weighted by Gasteiger charge is 2.11. The van der Waals surface area contributed by atoms with E-state index >= 15 is 0 Å². The summed E-state index contributed by atoms with van der Waals surface area (Å²) in [5.74, 6) is 1.28. The molecule has 0 aromatic carbocycles. The molecule has 0 fully saturated rings. The minimum atomic E-state index is 0.0793. The van der Waals surface area contributed by atoms with Crippen molar-refractivity contribution in [1.29, 1.82) is 0 Å². The fourth-order valence-electron chi connectivity index (χ4n) is 1.08. The third-order valence-corrected chi connectivity index (χ3v) is 2.19. The second kappa shape index (κ2) is 7.32. The maximum absolute atomic E-state index is 5.31. The van der Waals surface area contributed by atoms with Crippen molar-refractivity contribution in [2.45, 2.75) is 19.4 Å². The summed E-state index contributed by atoms with van der Waals surface area (Å²) in [7, 11) is 3.50. The fourth-order valence-corrected chi connectivity index (χ4v) is 1.08. The average molecular weight is 229 g/mol. The van der Waals surface area contributed by atoms with E-state index in [1.807, 2.05) is 14.0 Å². The molecule has 0 spiro atoms. The Balaban J connectivity index is 2.24. The van der Waals surface area contributed by atoms with Gasteiger partial charge in [0.05, 0.1) is 25.9 Å². The van der Waals surface area contributed by atoms with Crippen LogP contribution in [0.2, 0.25) is 0 Å². The summed E-state index contributed by atoms with van der Waals surface area (Å²) in [5.41, 5.74) is 0. The Morgan fingerprint density at radius 1 is 1.38 bits per heavy atom. The van der Waals surface area contributed by atoms with Gasteiger partial charge < -0.3 is 19.3 Å². The van der Waals surface area contributed by atoms with Crippen molar-refractivity contribution in [3.63, 3.8) is 0 Å². The Morgan fingerprint density at radius 2 is 2.19 bits per heavy atom. The number of rotatable bonds is 8. The summed E-state index contributed by atoms with van der Waals surface area (Å²) in [5, 5.41) is 6.90. The van der Waals surface area contributed by atoms with Gasteiger partial charge >= 0.3 is 0 Å². The fraction of sp³-hybridized carbons (Fsp3) is 0.800. The largest absolute Gasteiger partial charge is 0.382 e. The number of nitrogens with zero attached hydrogens (tertiary/aromatic N) is 2. The van der Waals surface area contributed by atoms with Crippen LogP contribution in [-0.2, 0) is 15.9 Å². The molecule has 1 aromatic rings. The van der Waals surface area contributed by atoms with Gasteiger partial charge in [-0.3, -0.25) is 0 Å². The molecule has 16 heavy (non-hydrogen) atoms. The standard InChI is InChI=1S/C10H19N3O3/c1-8(11-2)10-12-9(13-16-10)4-5-15-7-6-14-3/h8,11H,4-7H2,1-3H3. The van der Waals surface area contributed by atoms with Crippen LogP contribution in [0.25, 0.3) is 0 Å². The monoisotopic (exact) mass is 229 g/mol. The first-order chi connectivity index (χ1) is 7.77. The quantitative estimate of drug-likeness (QED) is 0.657. The number of methoxy groups -OCH3 is 1. The second-order valence-electron chi connectivity index (χ2n) is 3.41. The van der Waals surface area contributed by atoms with Crippen LogP contribution < -0.4 is 5.32 Å². The van der Waals surface area contributed by atoms with Crippen LogP contribution in [0.5, 0.6) is 0 Å². The van der Waals surface area contributed by atoms with Crippen molar-refractivity contribution in [1.82, 2.24) is 15.5 Å². The highest BCUT2D eigenvalue weighted by Crippen LogP contribution is 2.08. The van der Waals surface area contributed by atoms with Gasteiger partial charge in [-0.1, -0.05) is 5.16 Å². The maximum atomic E-state index is 5.31. The SMILES string of the molecule is CNC(C)c1nc(CCOCCOC)no1. The molecule has 1 atom stereocenters. The molecule has 0 saturated carbocycles. The second-order valence-corrected chi connectivity index (χ2v) is 3.41. The van der Waals surface area contributed by atoms with E-state index in [1.54, 1.807) is 7.11 Å². The van der Waals surface area contributed by atoms with Crippen LogP contribution >= 0.6 is 0 Å².